The molecule has 0 radical (unpaired) electrons. The van der Waals surface area contributed by atoms with E-state index in [4.69, 9.17) is 0 Å². The Morgan fingerprint density at radius 2 is 1.47 bits per heavy atom. The van der Waals surface area contributed by atoms with Gasteiger partial charge in [0.25, 0.3) is 11.8 Å². The number of hydrogen-bond donors (Lipinski definition) is 0. The van der Waals surface area contributed by atoms with Crippen molar-refractivity contribution in [1.29, 1.82) is 0 Å². The second-order valence-electron chi connectivity index (χ2n) is 6.85. The third-order valence-electron chi connectivity index (χ3n) is 5.01. The first-order chi connectivity index (χ1) is 14.5. The number of ether oxygens (including phenoxy) is 1. The van der Waals surface area contributed by atoms with E-state index in [9.17, 15) is 18.4 Å². The number of piperazine rings is 1. The van der Waals surface area contributed by atoms with Crippen LogP contribution in [0.2, 0.25) is 0 Å². The number of fused-ring (bicyclic) bond motifs is 1. The minimum absolute atomic E-state index is 0.0776. The summed E-state index contributed by atoms with van der Waals surface area (Å²) >= 11 is 0. The summed E-state index contributed by atoms with van der Waals surface area (Å²) in [5.41, 5.74) is 1.17. The van der Waals surface area contributed by atoms with Crippen molar-refractivity contribution in [2.75, 3.05) is 26.2 Å². The van der Waals surface area contributed by atoms with E-state index in [1.54, 1.807) is 17.0 Å². The van der Waals surface area contributed by atoms with Crippen LogP contribution in [0, 0.1) is 0 Å². The molecular formula is C22H19F2N3O3. The number of benzene rings is 2. The fourth-order valence-corrected chi connectivity index (χ4v) is 3.47. The van der Waals surface area contributed by atoms with Crippen LogP contribution in [0.5, 0.6) is 5.75 Å². The summed E-state index contributed by atoms with van der Waals surface area (Å²) in [5.74, 6) is -0.757. The number of para-hydroxylation sites is 2. The van der Waals surface area contributed by atoms with Gasteiger partial charge in [-0.1, -0.05) is 36.4 Å². The fraction of sp³-hybridized carbons (Fsp3) is 0.227. The third kappa shape index (κ3) is 4.07. The summed E-state index contributed by atoms with van der Waals surface area (Å²) < 4.78 is 29.7. The number of aromatic nitrogens is 1. The molecule has 0 saturated carbocycles. The zero-order valence-electron chi connectivity index (χ0n) is 16.0. The molecule has 1 aliphatic rings. The van der Waals surface area contributed by atoms with Gasteiger partial charge in [0.1, 0.15) is 11.4 Å². The number of hydrogen-bond acceptors (Lipinski definition) is 4. The molecule has 2 amide bonds. The van der Waals surface area contributed by atoms with Gasteiger partial charge in [0.05, 0.1) is 11.1 Å². The van der Waals surface area contributed by atoms with E-state index in [0.29, 0.717) is 31.9 Å². The summed E-state index contributed by atoms with van der Waals surface area (Å²) in [5, 5.41) is 0.953. The largest absolute Gasteiger partial charge is 0.434 e. The van der Waals surface area contributed by atoms with Crippen LogP contribution < -0.4 is 4.74 Å². The zero-order valence-corrected chi connectivity index (χ0v) is 16.0. The van der Waals surface area contributed by atoms with Gasteiger partial charge >= 0.3 is 6.61 Å². The molecule has 1 saturated heterocycles. The normalized spacial score (nSPS) is 14.2. The number of rotatable bonds is 4. The van der Waals surface area contributed by atoms with Gasteiger partial charge in [0.2, 0.25) is 0 Å². The Labute approximate surface area is 171 Å². The molecule has 0 atom stereocenters. The smallest absolute Gasteiger partial charge is 0.387 e. The highest BCUT2D eigenvalue weighted by Gasteiger charge is 2.28. The van der Waals surface area contributed by atoms with E-state index < -0.39 is 12.5 Å². The molecule has 0 N–H and O–H groups in total. The lowest BCUT2D eigenvalue weighted by molar-refractivity contribution is -0.0503. The predicted octanol–water partition coefficient (Wildman–Crippen LogP) is 3.43. The maximum absolute atomic E-state index is 12.8. The van der Waals surface area contributed by atoms with Gasteiger partial charge in [0, 0.05) is 31.6 Å². The maximum atomic E-state index is 12.8. The second-order valence-corrected chi connectivity index (χ2v) is 6.85. The van der Waals surface area contributed by atoms with Gasteiger partial charge in [-0.25, -0.2) is 4.98 Å². The Kier molecular flexibility index (Phi) is 5.56. The van der Waals surface area contributed by atoms with Gasteiger partial charge in [-0.3, -0.25) is 9.59 Å². The second kappa shape index (κ2) is 8.44. The molecule has 154 valence electrons. The lowest BCUT2D eigenvalue weighted by atomic mass is 10.1. The maximum Gasteiger partial charge on any atom is 0.387 e. The SMILES string of the molecule is O=C(c1ccc2ccccc2n1)N1CCN(C(=O)c2ccccc2OC(F)F)CC1. The quantitative estimate of drug-likeness (QED) is 0.660. The van der Waals surface area contributed by atoms with E-state index in [-0.39, 0.29) is 17.2 Å². The monoisotopic (exact) mass is 411 g/mol. The van der Waals surface area contributed by atoms with Crippen molar-refractivity contribution in [2.24, 2.45) is 0 Å². The number of carbonyl (C=O) groups is 2. The summed E-state index contributed by atoms with van der Waals surface area (Å²) in [6, 6.07) is 17.0. The van der Waals surface area contributed by atoms with Crippen LogP contribution in [0.15, 0.2) is 60.7 Å². The van der Waals surface area contributed by atoms with Crippen LogP contribution >= 0.6 is 0 Å². The van der Waals surface area contributed by atoms with E-state index in [1.807, 2.05) is 30.3 Å². The van der Waals surface area contributed by atoms with Crippen LogP contribution in [0.1, 0.15) is 20.8 Å². The van der Waals surface area contributed by atoms with Crippen molar-refractivity contribution in [3.8, 4) is 5.75 Å². The van der Waals surface area contributed by atoms with E-state index in [1.165, 1.54) is 23.1 Å². The van der Waals surface area contributed by atoms with Crippen LogP contribution in [0.3, 0.4) is 0 Å². The minimum atomic E-state index is -3.01. The van der Waals surface area contributed by atoms with Crippen LogP contribution in [0.25, 0.3) is 10.9 Å². The van der Waals surface area contributed by atoms with Crippen molar-refractivity contribution in [3.05, 3.63) is 71.9 Å². The highest BCUT2D eigenvalue weighted by molar-refractivity contribution is 5.98. The molecule has 8 heteroatoms. The van der Waals surface area contributed by atoms with Crippen LogP contribution in [-0.2, 0) is 0 Å². The van der Waals surface area contributed by atoms with E-state index in [2.05, 4.69) is 9.72 Å². The summed E-state index contributed by atoms with van der Waals surface area (Å²) in [6.07, 6.45) is 0. The standard InChI is InChI=1S/C22H19F2N3O3/c23-22(24)30-19-8-4-2-6-16(19)20(28)26-11-13-27(14-12-26)21(29)18-10-9-15-5-1-3-7-17(15)25-18/h1-10,22H,11-14H2. The Morgan fingerprint density at radius 3 is 2.20 bits per heavy atom. The Balaban J connectivity index is 1.43. The molecule has 0 spiro atoms. The average Bonchev–Trinajstić information content (AvgIpc) is 2.78. The van der Waals surface area contributed by atoms with Gasteiger partial charge in [-0.15, -0.1) is 0 Å². The lowest BCUT2D eigenvalue weighted by Crippen LogP contribution is -2.50. The molecule has 0 bridgehead atoms. The van der Waals surface area contributed by atoms with Gasteiger partial charge in [-0.2, -0.15) is 8.78 Å². The first-order valence-electron chi connectivity index (χ1n) is 9.51. The topological polar surface area (TPSA) is 62.7 Å². The van der Waals surface area contributed by atoms with Crippen molar-refractivity contribution in [2.45, 2.75) is 6.61 Å². The van der Waals surface area contributed by atoms with E-state index in [0.717, 1.165) is 10.9 Å². The molecule has 1 aromatic heterocycles. The molecule has 6 nitrogen and oxygen atoms in total. The molecule has 2 aromatic carbocycles. The lowest BCUT2D eigenvalue weighted by Gasteiger charge is -2.34. The molecule has 4 rings (SSSR count). The molecular weight excluding hydrogens is 392 g/mol. The van der Waals surface area contributed by atoms with Gasteiger partial charge in [-0.05, 0) is 24.3 Å². The molecule has 1 fully saturated rings. The van der Waals surface area contributed by atoms with Crippen molar-refractivity contribution >= 4 is 22.7 Å². The van der Waals surface area contributed by atoms with Crippen molar-refractivity contribution < 1.29 is 23.1 Å². The van der Waals surface area contributed by atoms with E-state index >= 15 is 0 Å². The Bertz CT molecular complexity index is 1080. The summed E-state index contributed by atoms with van der Waals surface area (Å²) in [7, 11) is 0. The van der Waals surface area contributed by atoms with Crippen LogP contribution in [-0.4, -0.2) is 59.4 Å². The Hall–Kier alpha value is -3.55. The highest BCUT2D eigenvalue weighted by Crippen LogP contribution is 2.23. The summed E-state index contributed by atoms with van der Waals surface area (Å²) in [4.78, 5) is 33.2. The van der Waals surface area contributed by atoms with Gasteiger partial charge in [0.15, 0.2) is 0 Å². The Morgan fingerprint density at radius 1 is 0.833 bits per heavy atom. The predicted molar refractivity (Wildman–Crippen MR) is 107 cm³/mol. The number of carbonyl (C=O) groups excluding carboxylic acids is 2. The van der Waals surface area contributed by atoms with Gasteiger partial charge < -0.3 is 14.5 Å². The first kappa shape index (κ1) is 19.8. The number of halogens is 2. The zero-order chi connectivity index (χ0) is 21.1. The number of amides is 2. The highest BCUT2D eigenvalue weighted by atomic mass is 19.3. The number of nitrogens with zero attached hydrogens (tertiary/aromatic N) is 3. The fourth-order valence-electron chi connectivity index (χ4n) is 3.47. The minimum Gasteiger partial charge on any atom is -0.434 e. The molecule has 1 aliphatic heterocycles. The summed E-state index contributed by atoms with van der Waals surface area (Å²) in [6.45, 7) is -1.76. The number of pyridine rings is 1. The molecule has 3 aromatic rings. The van der Waals surface area contributed by atoms with Crippen LogP contribution in [0.4, 0.5) is 8.78 Å². The van der Waals surface area contributed by atoms with Crippen molar-refractivity contribution in [3.63, 3.8) is 0 Å². The third-order valence-corrected chi connectivity index (χ3v) is 5.01. The molecule has 0 aliphatic carbocycles. The molecule has 2 heterocycles. The molecule has 30 heavy (non-hydrogen) atoms. The molecule has 0 unspecified atom stereocenters. The number of alkyl halides is 2. The first-order valence-corrected chi connectivity index (χ1v) is 9.51. The van der Waals surface area contributed by atoms with Crippen molar-refractivity contribution in [1.82, 2.24) is 14.8 Å². The average molecular weight is 411 g/mol.